The summed E-state index contributed by atoms with van der Waals surface area (Å²) < 4.78 is 25.3. The fourth-order valence-electron chi connectivity index (χ4n) is 2.56. The summed E-state index contributed by atoms with van der Waals surface area (Å²) in [6.07, 6.45) is 7.88. The Morgan fingerprint density at radius 1 is 1.35 bits per heavy atom. The quantitative estimate of drug-likeness (QED) is 0.689. The summed E-state index contributed by atoms with van der Waals surface area (Å²) in [6.45, 7) is 6.56. The third-order valence-electron chi connectivity index (χ3n) is 4.24. The molecule has 1 aliphatic heterocycles. The van der Waals surface area contributed by atoms with Gasteiger partial charge in [-0.15, -0.1) is 0 Å². The molecule has 1 heterocycles. The van der Waals surface area contributed by atoms with Crippen LogP contribution in [-0.4, -0.2) is 5.91 Å². The summed E-state index contributed by atoms with van der Waals surface area (Å²) in [7, 11) is -3.08. The van der Waals surface area contributed by atoms with Crippen LogP contribution in [0.3, 0.4) is 0 Å². The van der Waals surface area contributed by atoms with E-state index in [9.17, 15) is 13.2 Å². The van der Waals surface area contributed by atoms with Gasteiger partial charge in [0, 0.05) is 17.5 Å². The predicted molar refractivity (Wildman–Crippen MR) is 104 cm³/mol. The van der Waals surface area contributed by atoms with Crippen LogP contribution in [-0.2, 0) is 11.3 Å². The van der Waals surface area contributed by atoms with Gasteiger partial charge in [0.05, 0.1) is 0 Å². The topological polar surface area (TPSA) is 41.1 Å². The molecule has 0 fully saturated rings. The Kier molecular flexibility index (Phi) is 7.52. The zero-order valence-corrected chi connectivity index (χ0v) is 16.2. The second kappa shape index (κ2) is 9.63. The van der Waals surface area contributed by atoms with Crippen molar-refractivity contribution >= 4 is 19.8 Å². The molecule has 1 aliphatic rings. The lowest BCUT2D eigenvalue weighted by atomic mass is 9.99. The maximum absolute atomic E-state index is 12.6. The van der Waals surface area contributed by atoms with Crippen LogP contribution in [0.4, 0.5) is 8.39 Å². The Morgan fingerprint density at radius 2 is 2.04 bits per heavy atom. The van der Waals surface area contributed by atoms with Crippen LogP contribution in [0, 0.1) is 5.92 Å². The van der Waals surface area contributed by atoms with Crippen LogP contribution in [0.5, 0.6) is 0 Å². The number of halogens is 2. The Balaban J connectivity index is 1.97. The van der Waals surface area contributed by atoms with Crippen LogP contribution >= 0.6 is 8.54 Å². The third-order valence-corrected chi connectivity index (χ3v) is 4.93. The molecule has 26 heavy (non-hydrogen) atoms. The molecule has 0 bridgehead atoms. The SMILES string of the molecule is CC/C(C)=C\C=C1/CC(C)C=C(C(=O)NCc2ccc(P(F)F)cc2)N1. The largest absolute Gasteiger partial charge is 0.355 e. The van der Waals surface area contributed by atoms with Crippen molar-refractivity contribution in [3.05, 3.63) is 65.0 Å². The maximum Gasteiger partial charge on any atom is 0.298 e. The van der Waals surface area contributed by atoms with Crippen molar-refractivity contribution in [2.45, 2.75) is 40.2 Å². The molecule has 2 N–H and O–H groups in total. The molecule has 0 aliphatic carbocycles. The molecular weight excluding hydrogens is 353 g/mol. The number of hydrogen-bond acceptors (Lipinski definition) is 2. The minimum Gasteiger partial charge on any atom is -0.355 e. The van der Waals surface area contributed by atoms with E-state index >= 15 is 0 Å². The number of carbonyl (C=O) groups is 1. The fourth-order valence-corrected chi connectivity index (χ4v) is 2.94. The number of hydrogen-bond donors (Lipinski definition) is 2. The van der Waals surface area contributed by atoms with E-state index in [1.54, 1.807) is 12.1 Å². The van der Waals surface area contributed by atoms with Gasteiger partial charge < -0.3 is 10.6 Å². The van der Waals surface area contributed by atoms with Crippen molar-refractivity contribution in [2.24, 2.45) is 5.92 Å². The number of allylic oxidation sites excluding steroid dienone is 5. The van der Waals surface area contributed by atoms with E-state index in [0.717, 1.165) is 24.1 Å². The van der Waals surface area contributed by atoms with E-state index in [0.29, 0.717) is 12.2 Å². The number of benzene rings is 1. The third kappa shape index (κ3) is 6.06. The van der Waals surface area contributed by atoms with Gasteiger partial charge in [0.2, 0.25) is 0 Å². The van der Waals surface area contributed by atoms with E-state index in [4.69, 9.17) is 0 Å². The molecule has 0 aromatic heterocycles. The van der Waals surface area contributed by atoms with Crippen molar-refractivity contribution in [2.75, 3.05) is 0 Å². The van der Waals surface area contributed by atoms with Crippen LogP contribution in [0.15, 0.2) is 59.5 Å². The van der Waals surface area contributed by atoms with Crippen molar-refractivity contribution in [1.29, 1.82) is 0 Å². The molecule has 6 heteroatoms. The van der Waals surface area contributed by atoms with Crippen molar-refractivity contribution in [3.8, 4) is 0 Å². The van der Waals surface area contributed by atoms with Gasteiger partial charge >= 0.3 is 0 Å². The number of amides is 1. The van der Waals surface area contributed by atoms with Crippen LogP contribution in [0.2, 0.25) is 0 Å². The highest BCUT2D eigenvalue weighted by Gasteiger charge is 2.18. The normalized spacial score (nSPS) is 19.3. The van der Waals surface area contributed by atoms with Crippen LogP contribution in [0.25, 0.3) is 0 Å². The van der Waals surface area contributed by atoms with E-state index < -0.39 is 8.54 Å². The molecule has 1 atom stereocenters. The van der Waals surface area contributed by atoms with Crippen molar-refractivity contribution < 1.29 is 13.2 Å². The first-order valence-electron chi connectivity index (χ1n) is 8.73. The van der Waals surface area contributed by atoms with Crippen LogP contribution < -0.4 is 15.9 Å². The Labute approximate surface area is 155 Å². The molecule has 1 unspecified atom stereocenters. The first-order chi connectivity index (χ1) is 12.4. The maximum atomic E-state index is 12.6. The lowest BCUT2D eigenvalue weighted by Gasteiger charge is -2.22. The molecule has 2 rings (SSSR count). The Bertz CT molecular complexity index is 724. The van der Waals surface area contributed by atoms with E-state index in [1.807, 2.05) is 12.2 Å². The summed E-state index contributed by atoms with van der Waals surface area (Å²) in [6, 6.07) is 6.07. The fraction of sp³-hybridized carbons (Fsp3) is 0.350. The molecule has 0 saturated carbocycles. The molecule has 0 spiro atoms. The first-order valence-corrected chi connectivity index (χ1v) is 9.85. The molecular formula is C20H25F2N2OP. The van der Waals surface area contributed by atoms with Gasteiger partial charge in [-0.2, -0.15) is 8.39 Å². The van der Waals surface area contributed by atoms with Gasteiger partial charge in [0.1, 0.15) is 5.70 Å². The highest BCUT2D eigenvalue weighted by molar-refractivity contribution is 7.55. The van der Waals surface area contributed by atoms with Crippen LogP contribution in [0.1, 0.15) is 39.2 Å². The monoisotopic (exact) mass is 378 g/mol. The summed E-state index contributed by atoms with van der Waals surface area (Å²) in [5, 5.41) is 6.08. The molecule has 0 radical (unpaired) electrons. The average Bonchev–Trinajstić information content (AvgIpc) is 2.63. The molecule has 0 saturated heterocycles. The van der Waals surface area contributed by atoms with E-state index in [2.05, 4.69) is 37.5 Å². The van der Waals surface area contributed by atoms with Gasteiger partial charge in [-0.1, -0.05) is 43.7 Å². The molecule has 1 aromatic rings. The summed E-state index contributed by atoms with van der Waals surface area (Å²) >= 11 is 0. The lowest BCUT2D eigenvalue weighted by Crippen LogP contribution is -2.34. The summed E-state index contributed by atoms with van der Waals surface area (Å²) in [5.41, 5.74) is 3.62. The van der Waals surface area contributed by atoms with E-state index in [-0.39, 0.29) is 17.1 Å². The minimum atomic E-state index is -3.08. The summed E-state index contributed by atoms with van der Waals surface area (Å²) in [4.78, 5) is 12.4. The lowest BCUT2D eigenvalue weighted by molar-refractivity contribution is -0.118. The second-order valence-corrected chi connectivity index (χ2v) is 7.51. The van der Waals surface area contributed by atoms with E-state index in [1.165, 1.54) is 17.7 Å². The standard InChI is InChI=1S/C20H25F2N2OP/c1-4-14(2)5-8-17-11-15(3)12-19(24-17)20(25)23-13-16-6-9-18(10-7-16)26(21)22/h5-10,12,15,24H,4,11,13H2,1-3H3,(H,23,25)/b14-5-,17-8+. The van der Waals surface area contributed by atoms with Gasteiger partial charge in [-0.05, 0) is 49.5 Å². The average molecular weight is 378 g/mol. The van der Waals surface area contributed by atoms with Gasteiger partial charge in [0.15, 0.2) is 0 Å². The zero-order valence-electron chi connectivity index (χ0n) is 15.4. The van der Waals surface area contributed by atoms with Crippen molar-refractivity contribution in [1.82, 2.24) is 10.6 Å². The summed E-state index contributed by atoms with van der Waals surface area (Å²) in [5.74, 6) is 0.0761. The van der Waals surface area contributed by atoms with Gasteiger partial charge in [-0.25, -0.2) is 0 Å². The molecule has 3 nitrogen and oxygen atoms in total. The minimum absolute atomic E-state index is 0.0470. The zero-order chi connectivity index (χ0) is 19.1. The number of nitrogens with one attached hydrogen (secondary N) is 2. The Morgan fingerprint density at radius 3 is 2.65 bits per heavy atom. The number of rotatable bonds is 6. The molecule has 140 valence electrons. The van der Waals surface area contributed by atoms with Crippen molar-refractivity contribution in [3.63, 3.8) is 0 Å². The second-order valence-electron chi connectivity index (χ2n) is 6.53. The Hall–Kier alpha value is -2.00. The smallest absolute Gasteiger partial charge is 0.298 e. The highest BCUT2D eigenvalue weighted by atomic mass is 31.2. The van der Waals surface area contributed by atoms with Gasteiger partial charge in [-0.3, -0.25) is 4.79 Å². The molecule has 1 aromatic carbocycles. The molecule has 1 amide bonds. The first kappa shape index (κ1) is 20.3. The number of carbonyl (C=O) groups excluding carboxylic acids is 1. The van der Waals surface area contributed by atoms with Gasteiger partial charge in [0.25, 0.3) is 14.5 Å². The predicted octanol–water partition coefficient (Wildman–Crippen LogP) is 4.93. The highest BCUT2D eigenvalue weighted by Crippen LogP contribution is 2.36.